The molecule has 0 unspecified atom stereocenters. The van der Waals surface area contributed by atoms with Crippen molar-refractivity contribution in [3.63, 3.8) is 0 Å². The Bertz CT molecular complexity index is 564. The first kappa shape index (κ1) is 12.4. The number of nitro benzene ring substituents is 1. The van der Waals surface area contributed by atoms with Crippen LogP contribution < -0.4 is 0 Å². The van der Waals surface area contributed by atoms with Gasteiger partial charge < -0.3 is 0 Å². The molecule has 2 saturated carbocycles. The molecule has 2 fully saturated rings. The summed E-state index contributed by atoms with van der Waals surface area (Å²) in [6.07, 6.45) is 10.3. The maximum atomic E-state index is 11.1. The third kappa shape index (κ3) is 1.58. The molecule has 3 aliphatic rings. The fourth-order valence-electron chi connectivity index (χ4n) is 5.46. The maximum Gasteiger partial charge on any atom is 0.269 e. The first-order valence-electron chi connectivity index (χ1n) is 7.98. The third-order valence-electron chi connectivity index (χ3n) is 6.19. The average Bonchev–Trinajstić information content (AvgIpc) is 2.46. The van der Waals surface area contributed by atoms with Crippen molar-refractivity contribution in [2.45, 2.75) is 56.8 Å². The lowest BCUT2D eigenvalue weighted by Crippen LogP contribution is -2.49. The van der Waals surface area contributed by atoms with E-state index in [4.69, 9.17) is 0 Å². The highest BCUT2D eigenvalue weighted by atomic mass is 16.6. The van der Waals surface area contributed by atoms with Crippen LogP contribution in [0.3, 0.4) is 0 Å². The molecule has 0 saturated heterocycles. The lowest BCUT2D eigenvalue weighted by molar-refractivity contribution is -0.385. The van der Waals surface area contributed by atoms with Gasteiger partial charge in [0.25, 0.3) is 5.69 Å². The van der Waals surface area contributed by atoms with Crippen molar-refractivity contribution in [1.29, 1.82) is 0 Å². The molecular weight excluding hydrogens is 250 g/mol. The quantitative estimate of drug-likeness (QED) is 0.562. The van der Waals surface area contributed by atoms with E-state index >= 15 is 0 Å². The van der Waals surface area contributed by atoms with E-state index in [1.165, 1.54) is 56.1 Å². The second-order valence-corrected chi connectivity index (χ2v) is 6.96. The van der Waals surface area contributed by atoms with Gasteiger partial charge in [-0.25, -0.2) is 0 Å². The Hall–Kier alpha value is -1.38. The van der Waals surface area contributed by atoms with Crippen LogP contribution in [-0.2, 0) is 11.8 Å². The van der Waals surface area contributed by atoms with Crippen molar-refractivity contribution in [3.05, 3.63) is 39.4 Å². The molecule has 0 amide bonds. The smallest absolute Gasteiger partial charge is 0.258 e. The fraction of sp³-hybridized carbons (Fsp3) is 0.647. The minimum Gasteiger partial charge on any atom is -0.258 e. The van der Waals surface area contributed by atoms with Crippen LogP contribution in [0.2, 0.25) is 0 Å². The highest BCUT2D eigenvalue weighted by Gasteiger charge is 2.51. The Morgan fingerprint density at radius 2 is 2.00 bits per heavy atom. The van der Waals surface area contributed by atoms with Crippen LogP contribution in [0.25, 0.3) is 0 Å². The van der Waals surface area contributed by atoms with Crippen molar-refractivity contribution in [2.75, 3.05) is 0 Å². The maximum absolute atomic E-state index is 11.1. The SMILES string of the molecule is O=[N+]([O-])c1ccc2c(c1)[C@@]13CCCC[C@H]1[C@H](CCC3)C2. The fourth-order valence-corrected chi connectivity index (χ4v) is 5.46. The monoisotopic (exact) mass is 271 g/mol. The summed E-state index contributed by atoms with van der Waals surface area (Å²) in [7, 11) is 0. The lowest BCUT2D eigenvalue weighted by Gasteiger charge is -2.55. The van der Waals surface area contributed by atoms with Gasteiger partial charge in [-0.3, -0.25) is 10.1 Å². The van der Waals surface area contributed by atoms with E-state index in [0.717, 1.165) is 18.3 Å². The van der Waals surface area contributed by atoms with Crippen LogP contribution >= 0.6 is 0 Å². The van der Waals surface area contributed by atoms with Crippen LogP contribution in [0.5, 0.6) is 0 Å². The van der Waals surface area contributed by atoms with Gasteiger partial charge in [-0.2, -0.15) is 0 Å². The minimum absolute atomic E-state index is 0.232. The van der Waals surface area contributed by atoms with Crippen LogP contribution in [-0.4, -0.2) is 4.92 Å². The van der Waals surface area contributed by atoms with Crippen LogP contribution in [0.4, 0.5) is 5.69 Å². The molecule has 20 heavy (non-hydrogen) atoms. The largest absolute Gasteiger partial charge is 0.269 e. The number of nitrogens with zero attached hydrogens (tertiary/aromatic N) is 1. The van der Waals surface area contributed by atoms with Crippen molar-refractivity contribution in [2.24, 2.45) is 11.8 Å². The normalized spacial score (nSPS) is 35.0. The predicted molar refractivity (Wildman–Crippen MR) is 77.8 cm³/mol. The number of hydrogen-bond donors (Lipinski definition) is 0. The van der Waals surface area contributed by atoms with E-state index in [-0.39, 0.29) is 16.0 Å². The summed E-state index contributed by atoms with van der Waals surface area (Å²) in [4.78, 5) is 10.9. The molecule has 2 bridgehead atoms. The molecule has 0 radical (unpaired) electrons. The molecule has 0 aromatic heterocycles. The van der Waals surface area contributed by atoms with Gasteiger partial charge >= 0.3 is 0 Å². The van der Waals surface area contributed by atoms with Gasteiger partial charge in [0.1, 0.15) is 0 Å². The molecule has 0 aliphatic heterocycles. The van der Waals surface area contributed by atoms with Gasteiger partial charge in [0, 0.05) is 12.1 Å². The number of rotatable bonds is 1. The summed E-state index contributed by atoms with van der Waals surface area (Å²) < 4.78 is 0. The Morgan fingerprint density at radius 3 is 2.85 bits per heavy atom. The summed E-state index contributed by atoms with van der Waals surface area (Å²) in [6.45, 7) is 0. The van der Waals surface area contributed by atoms with Crippen molar-refractivity contribution < 1.29 is 4.92 Å². The number of benzene rings is 1. The second-order valence-electron chi connectivity index (χ2n) is 6.96. The Morgan fingerprint density at radius 1 is 1.15 bits per heavy atom. The average molecular weight is 271 g/mol. The van der Waals surface area contributed by atoms with E-state index in [1.54, 1.807) is 6.07 Å². The van der Waals surface area contributed by atoms with E-state index in [2.05, 4.69) is 0 Å². The van der Waals surface area contributed by atoms with Gasteiger partial charge in [0.2, 0.25) is 0 Å². The van der Waals surface area contributed by atoms with E-state index < -0.39 is 0 Å². The van der Waals surface area contributed by atoms with Crippen LogP contribution in [0.15, 0.2) is 18.2 Å². The molecule has 3 aliphatic carbocycles. The van der Waals surface area contributed by atoms with Crippen molar-refractivity contribution >= 4 is 5.69 Å². The Labute approximate surface area is 119 Å². The van der Waals surface area contributed by atoms with Crippen molar-refractivity contribution in [1.82, 2.24) is 0 Å². The molecule has 1 aromatic rings. The van der Waals surface area contributed by atoms with Gasteiger partial charge in [-0.1, -0.05) is 25.3 Å². The van der Waals surface area contributed by atoms with Crippen molar-refractivity contribution in [3.8, 4) is 0 Å². The number of hydrogen-bond acceptors (Lipinski definition) is 2. The number of non-ortho nitro benzene ring substituents is 1. The summed E-state index contributed by atoms with van der Waals surface area (Å²) in [5.41, 5.74) is 3.30. The molecule has 3 nitrogen and oxygen atoms in total. The van der Waals surface area contributed by atoms with E-state index in [1.807, 2.05) is 12.1 Å². The first-order valence-corrected chi connectivity index (χ1v) is 7.98. The number of fused-ring (bicyclic) bond motifs is 1. The topological polar surface area (TPSA) is 43.1 Å². The molecule has 0 N–H and O–H groups in total. The third-order valence-corrected chi connectivity index (χ3v) is 6.19. The van der Waals surface area contributed by atoms with Gasteiger partial charge in [0.15, 0.2) is 0 Å². The summed E-state index contributed by atoms with van der Waals surface area (Å²) >= 11 is 0. The molecular formula is C17H21NO2. The zero-order valence-electron chi connectivity index (χ0n) is 11.8. The standard InChI is InChI=1S/C17H21NO2/c19-18(20)14-7-6-13-10-12-4-3-9-17(16(13)11-14)8-2-1-5-15(12)17/h6-7,11-12,15H,1-5,8-10H2/t12-,15+,17-/m1/s1. The summed E-state index contributed by atoms with van der Waals surface area (Å²) in [5, 5.41) is 11.1. The lowest BCUT2D eigenvalue weighted by atomic mass is 9.49. The minimum atomic E-state index is -0.232. The molecule has 0 spiro atoms. The molecule has 4 rings (SSSR count). The molecule has 3 atom stereocenters. The van der Waals surface area contributed by atoms with Crippen LogP contribution in [0, 0.1) is 22.0 Å². The van der Waals surface area contributed by atoms with Gasteiger partial charge in [0.05, 0.1) is 4.92 Å². The Kier molecular flexibility index (Phi) is 2.66. The van der Waals surface area contributed by atoms with E-state index in [9.17, 15) is 10.1 Å². The van der Waals surface area contributed by atoms with Gasteiger partial charge in [-0.15, -0.1) is 0 Å². The summed E-state index contributed by atoms with van der Waals surface area (Å²) in [5.74, 6) is 1.62. The summed E-state index contributed by atoms with van der Waals surface area (Å²) in [6, 6.07) is 5.65. The second kappa shape index (κ2) is 4.31. The molecule has 1 aromatic carbocycles. The zero-order chi connectivity index (χ0) is 13.7. The molecule has 106 valence electrons. The van der Waals surface area contributed by atoms with Crippen LogP contribution in [0.1, 0.15) is 56.1 Å². The molecule has 0 heterocycles. The first-order chi connectivity index (χ1) is 9.71. The highest BCUT2D eigenvalue weighted by molar-refractivity contribution is 5.47. The zero-order valence-corrected chi connectivity index (χ0v) is 11.8. The van der Waals surface area contributed by atoms with E-state index in [0.29, 0.717) is 0 Å². The molecule has 3 heteroatoms. The predicted octanol–water partition coefficient (Wildman–Crippen LogP) is 4.38. The highest BCUT2D eigenvalue weighted by Crippen LogP contribution is 2.58. The van der Waals surface area contributed by atoms with Gasteiger partial charge in [-0.05, 0) is 60.5 Å². The Balaban J connectivity index is 1.89. The number of nitro groups is 1.